The van der Waals surface area contributed by atoms with E-state index in [0.29, 0.717) is 0 Å². The fourth-order valence-electron chi connectivity index (χ4n) is 2.22. The molecular formula is C10H16N4O. The molecule has 82 valence electrons. The molecule has 1 aromatic rings. The molecular weight excluding hydrogens is 192 g/mol. The first kappa shape index (κ1) is 10.1. The maximum atomic E-state index is 11.6. The Balaban J connectivity index is 2.36. The highest BCUT2D eigenvalue weighted by Crippen LogP contribution is 2.35. The predicted molar refractivity (Wildman–Crippen MR) is 55.0 cm³/mol. The summed E-state index contributed by atoms with van der Waals surface area (Å²) in [5, 5.41) is 8.04. The topological polar surface area (TPSA) is 73.8 Å². The third-order valence-electron chi connectivity index (χ3n) is 3.23. The van der Waals surface area contributed by atoms with Crippen LogP contribution < -0.4 is 5.73 Å². The normalized spacial score (nSPS) is 19.3. The Bertz CT molecular complexity index is 365. The molecule has 5 heteroatoms. The molecule has 1 amide bonds. The van der Waals surface area contributed by atoms with Gasteiger partial charge in [-0.05, 0) is 19.3 Å². The lowest BCUT2D eigenvalue weighted by Gasteiger charge is -2.24. The average Bonchev–Trinajstić information content (AvgIpc) is 2.87. The zero-order chi connectivity index (χ0) is 10.9. The van der Waals surface area contributed by atoms with Crippen molar-refractivity contribution in [1.82, 2.24) is 15.0 Å². The summed E-state index contributed by atoms with van der Waals surface area (Å²) in [6.45, 7) is 2.01. The molecule has 0 unspecified atom stereocenters. The van der Waals surface area contributed by atoms with E-state index in [1.807, 2.05) is 13.1 Å². The molecule has 1 aliphatic rings. The van der Waals surface area contributed by atoms with E-state index in [9.17, 15) is 4.79 Å². The van der Waals surface area contributed by atoms with Crippen molar-refractivity contribution in [2.75, 3.05) is 0 Å². The number of aryl methyl sites for hydroxylation is 1. The molecule has 0 radical (unpaired) electrons. The predicted octanol–water partition coefficient (Wildman–Crippen LogP) is 0.595. The Labute approximate surface area is 88.6 Å². The van der Waals surface area contributed by atoms with E-state index >= 15 is 0 Å². The van der Waals surface area contributed by atoms with Gasteiger partial charge in [0.1, 0.15) is 5.54 Å². The summed E-state index contributed by atoms with van der Waals surface area (Å²) in [6.07, 6.45) is 6.31. The van der Waals surface area contributed by atoms with E-state index in [1.165, 1.54) is 0 Å². The average molecular weight is 208 g/mol. The molecule has 2 rings (SSSR count). The minimum atomic E-state index is -0.611. The monoisotopic (exact) mass is 208 g/mol. The van der Waals surface area contributed by atoms with Crippen molar-refractivity contribution in [1.29, 1.82) is 0 Å². The van der Waals surface area contributed by atoms with Crippen LogP contribution in [0.1, 0.15) is 38.3 Å². The van der Waals surface area contributed by atoms with Gasteiger partial charge in [-0.2, -0.15) is 0 Å². The zero-order valence-electron chi connectivity index (χ0n) is 8.94. The summed E-state index contributed by atoms with van der Waals surface area (Å²) in [5.41, 5.74) is 5.78. The summed E-state index contributed by atoms with van der Waals surface area (Å²) in [5.74, 6) is -0.285. The van der Waals surface area contributed by atoms with Gasteiger partial charge in [-0.25, -0.2) is 4.68 Å². The van der Waals surface area contributed by atoms with Gasteiger partial charge in [0.2, 0.25) is 5.91 Å². The molecule has 2 N–H and O–H groups in total. The molecule has 0 spiro atoms. The van der Waals surface area contributed by atoms with Crippen molar-refractivity contribution in [2.24, 2.45) is 5.73 Å². The number of rotatable bonds is 3. The summed E-state index contributed by atoms with van der Waals surface area (Å²) < 4.78 is 1.67. The first-order chi connectivity index (χ1) is 7.19. The fraction of sp³-hybridized carbons (Fsp3) is 0.700. The number of carbonyl (C=O) groups excluding carboxylic acids is 1. The lowest BCUT2D eigenvalue weighted by molar-refractivity contribution is -0.126. The Hall–Kier alpha value is -1.39. The van der Waals surface area contributed by atoms with E-state index in [4.69, 9.17) is 5.73 Å². The van der Waals surface area contributed by atoms with Gasteiger partial charge >= 0.3 is 0 Å². The van der Waals surface area contributed by atoms with Crippen molar-refractivity contribution >= 4 is 5.91 Å². The molecule has 1 aromatic heterocycles. The first-order valence-corrected chi connectivity index (χ1v) is 5.40. The minimum Gasteiger partial charge on any atom is -0.368 e. The van der Waals surface area contributed by atoms with Crippen LogP contribution >= 0.6 is 0 Å². The van der Waals surface area contributed by atoms with Crippen LogP contribution in [0.4, 0.5) is 0 Å². The maximum Gasteiger partial charge on any atom is 0.245 e. The van der Waals surface area contributed by atoms with Crippen LogP contribution in [0.5, 0.6) is 0 Å². The van der Waals surface area contributed by atoms with E-state index in [2.05, 4.69) is 10.3 Å². The smallest absolute Gasteiger partial charge is 0.245 e. The third kappa shape index (κ3) is 1.52. The number of hydrogen-bond donors (Lipinski definition) is 1. The number of carbonyl (C=O) groups is 1. The standard InChI is InChI=1S/C10H16N4O/c1-2-8-7-14(13-12-8)10(9(11)15)5-3-4-6-10/h7H,2-6H2,1H3,(H2,11,15). The molecule has 1 fully saturated rings. The van der Waals surface area contributed by atoms with Crippen LogP contribution in [0, 0.1) is 0 Å². The summed E-state index contributed by atoms with van der Waals surface area (Å²) >= 11 is 0. The SMILES string of the molecule is CCc1cn(C2(C(N)=O)CCCC2)nn1. The zero-order valence-corrected chi connectivity index (χ0v) is 8.94. The second kappa shape index (κ2) is 3.64. The maximum absolute atomic E-state index is 11.6. The van der Waals surface area contributed by atoms with Gasteiger partial charge in [0, 0.05) is 6.20 Å². The number of amides is 1. The largest absolute Gasteiger partial charge is 0.368 e. The van der Waals surface area contributed by atoms with Crippen LogP contribution in [0.3, 0.4) is 0 Å². The molecule has 0 aliphatic heterocycles. The fourth-order valence-corrected chi connectivity index (χ4v) is 2.22. The first-order valence-electron chi connectivity index (χ1n) is 5.40. The van der Waals surface area contributed by atoms with E-state index < -0.39 is 5.54 Å². The van der Waals surface area contributed by atoms with Gasteiger partial charge in [-0.1, -0.05) is 25.0 Å². The number of hydrogen-bond acceptors (Lipinski definition) is 3. The summed E-state index contributed by atoms with van der Waals surface area (Å²) in [7, 11) is 0. The van der Waals surface area contributed by atoms with E-state index in [1.54, 1.807) is 4.68 Å². The van der Waals surface area contributed by atoms with Gasteiger partial charge in [0.15, 0.2) is 0 Å². The number of nitrogens with zero attached hydrogens (tertiary/aromatic N) is 3. The van der Waals surface area contributed by atoms with Gasteiger partial charge in [-0.3, -0.25) is 4.79 Å². The molecule has 0 atom stereocenters. The van der Waals surface area contributed by atoms with Crippen LogP contribution in [0.15, 0.2) is 6.20 Å². The number of primary amides is 1. The highest BCUT2D eigenvalue weighted by atomic mass is 16.1. The Kier molecular flexibility index (Phi) is 2.46. The lowest BCUT2D eigenvalue weighted by atomic mass is 9.97. The van der Waals surface area contributed by atoms with Crippen LogP contribution in [-0.2, 0) is 16.8 Å². The Morgan fingerprint density at radius 3 is 2.73 bits per heavy atom. The second-order valence-corrected chi connectivity index (χ2v) is 4.11. The molecule has 0 aromatic carbocycles. The Morgan fingerprint density at radius 1 is 1.60 bits per heavy atom. The third-order valence-corrected chi connectivity index (χ3v) is 3.23. The van der Waals surface area contributed by atoms with Gasteiger partial charge in [-0.15, -0.1) is 5.10 Å². The van der Waals surface area contributed by atoms with E-state index in [-0.39, 0.29) is 5.91 Å². The van der Waals surface area contributed by atoms with Gasteiger partial charge in [0.25, 0.3) is 0 Å². The summed E-state index contributed by atoms with van der Waals surface area (Å²) in [6, 6.07) is 0. The minimum absolute atomic E-state index is 0.285. The second-order valence-electron chi connectivity index (χ2n) is 4.11. The highest BCUT2D eigenvalue weighted by Gasteiger charge is 2.42. The number of aromatic nitrogens is 3. The molecule has 0 saturated heterocycles. The van der Waals surface area contributed by atoms with Crippen molar-refractivity contribution < 1.29 is 4.79 Å². The van der Waals surface area contributed by atoms with Crippen molar-refractivity contribution in [3.63, 3.8) is 0 Å². The molecule has 1 heterocycles. The molecule has 15 heavy (non-hydrogen) atoms. The molecule has 1 saturated carbocycles. The van der Waals surface area contributed by atoms with Crippen LogP contribution in [0.2, 0.25) is 0 Å². The van der Waals surface area contributed by atoms with E-state index in [0.717, 1.165) is 37.8 Å². The van der Waals surface area contributed by atoms with Crippen molar-refractivity contribution in [3.8, 4) is 0 Å². The van der Waals surface area contributed by atoms with Crippen molar-refractivity contribution in [3.05, 3.63) is 11.9 Å². The quantitative estimate of drug-likeness (QED) is 0.790. The van der Waals surface area contributed by atoms with Gasteiger partial charge < -0.3 is 5.73 Å². The lowest BCUT2D eigenvalue weighted by Crippen LogP contribution is -2.44. The highest BCUT2D eigenvalue weighted by molar-refractivity contribution is 5.82. The number of nitrogens with two attached hydrogens (primary N) is 1. The van der Waals surface area contributed by atoms with Gasteiger partial charge in [0.05, 0.1) is 5.69 Å². The molecule has 5 nitrogen and oxygen atoms in total. The van der Waals surface area contributed by atoms with Crippen molar-refractivity contribution in [2.45, 2.75) is 44.6 Å². The molecule has 0 bridgehead atoms. The van der Waals surface area contributed by atoms with Crippen LogP contribution in [0.25, 0.3) is 0 Å². The Morgan fingerprint density at radius 2 is 2.27 bits per heavy atom. The van der Waals surface area contributed by atoms with Crippen LogP contribution in [-0.4, -0.2) is 20.9 Å². The molecule has 1 aliphatic carbocycles. The summed E-state index contributed by atoms with van der Waals surface area (Å²) in [4.78, 5) is 11.6.